The van der Waals surface area contributed by atoms with E-state index < -0.39 is 10.7 Å². The minimum atomic E-state index is -0.585. The van der Waals surface area contributed by atoms with E-state index in [0.29, 0.717) is 12.0 Å². The predicted octanol–water partition coefficient (Wildman–Crippen LogP) is 4.10. The second-order valence-electron chi connectivity index (χ2n) is 6.40. The molecule has 29 heavy (non-hydrogen) atoms. The molecule has 0 aromatic heterocycles. The van der Waals surface area contributed by atoms with E-state index in [1.54, 1.807) is 54.6 Å². The molecule has 0 fully saturated rings. The highest BCUT2D eigenvalue weighted by molar-refractivity contribution is 6.14. The number of rotatable bonds is 7. The number of hydrogen-bond acceptors (Lipinski definition) is 5. The van der Waals surface area contributed by atoms with Crippen LogP contribution in [0.15, 0.2) is 72.8 Å². The highest BCUT2D eigenvalue weighted by Crippen LogP contribution is 2.25. The van der Waals surface area contributed by atoms with E-state index in [9.17, 15) is 24.8 Å². The molecule has 0 heterocycles. The lowest BCUT2D eigenvalue weighted by molar-refractivity contribution is -0.384. The Morgan fingerprint density at radius 3 is 2.31 bits per heavy atom. The van der Waals surface area contributed by atoms with Gasteiger partial charge in [-0.1, -0.05) is 42.5 Å². The summed E-state index contributed by atoms with van der Waals surface area (Å²) in [5.74, 6) is -0.592. The Kier molecular flexibility index (Phi) is 5.99. The van der Waals surface area contributed by atoms with E-state index >= 15 is 0 Å². The quantitative estimate of drug-likeness (QED) is 0.358. The molecule has 0 aliphatic rings. The van der Waals surface area contributed by atoms with Gasteiger partial charge >= 0.3 is 0 Å². The summed E-state index contributed by atoms with van der Waals surface area (Å²) in [6.07, 6.45) is 0.599. The molecule has 3 rings (SSSR count). The number of hydrogen-bond donors (Lipinski definition) is 2. The first kappa shape index (κ1) is 19.8. The molecule has 3 aromatic rings. The maximum Gasteiger partial charge on any atom is 0.270 e. The first-order valence-electron chi connectivity index (χ1n) is 8.90. The summed E-state index contributed by atoms with van der Waals surface area (Å²) < 4.78 is 0. The third-order valence-corrected chi connectivity index (χ3v) is 4.35. The number of nitro groups is 1. The number of nitrogens with zero attached hydrogens (tertiary/aromatic N) is 1. The van der Waals surface area contributed by atoms with Crippen molar-refractivity contribution in [3.8, 4) is 5.75 Å². The van der Waals surface area contributed by atoms with Crippen molar-refractivity contribution in [2.24, 2.45) is 0 Å². The first-order chi connectivity index (χ1) is 13.9. The number of phenols is 1. The fraction of sp³-hybridized carbons (Fsp3) is 0.0909. The molecule has 0 bridgehead atoms. The van der Waals surface area contributed by atoms with E-state index in [1.165, 1.54) is 18.2 Å². The molecule has 1 amide bonds. The SMILES string of the molecule is O=C(CCc1ccc(O)cc1)Nc1ccc([N+](=O)[O-])cc1C(=O)c1ccccc1. The van der Waals surface area contributed by atoms with Crippen molar-refractivity contribution in [3.05, 3.63) is 99.6 Å². The molecule has 7 nitrogen and oxygen atoms in total. The number of nitrogens with one attached hydrogen (secondary N) is 1. The van der Waals surface area contributed by atoms with Crippen LogP contribution in [0, 0.1) is 10.1 Å². The van der Waals surface area contributed by atoms with Gasteiger partial charge in [-0.3, -0.25) is 19.7 Å². The maximum absolute atomic E-state index is 12.8. The molecule has 0 radical (unpaired) electrons. The molecule has 0 atom stereocenters. The first-order valence-corrected chi connectivity index (χ1v) is 8.90. The number of ketones is 1. The highest BCUT2D eigenvalue weighted by atomic mass is 16.6. The van der Waals surface area contributed by atoms with E-state index in [-0.39, 0.29) is 35.0 Å². The number of carbonyl (C=O) groups is 2. The number of benzene rings is 3. The average Bonchev–Trinajstić information content (AvgIpc) is 2.73. The van der Waals surface area contributed by atoms with Crippen molar-refractivity contribution in [2.75, 3.05) is 5.32 Å². The number of amides is 1. The smallest absolute Gasteiger partial charge is 0.270 e. The van der Waals surface area contributed by atoms with Crippen molar-refractivity contribution in [1.29, 1.82) is 0 Å². The van der Waals surface area contributed by atoms with E-state index in [2.05, 4.69) is 5.32 Å². The van der Waals surface area contributed by atoms with Crippen LogP contribution < -0.4 is 5.32 Å². The van der Waals surface area contributed by atoms with Crippen LogP contribution in [0.2, 0.25) is 0 Å². The highest BCUT2D eigenvalue weighted by Gasteiger charge is 2.19. The minimum Gasteiger partial charge on any atom is -0.508 e. The Bertz CT molecular complexity index is 1050. The lowest BCUT2D eigenvalue weighted by atomic mass is 10.0. The van der Waals surface area contributed by atoms with E-state index in [1.807, 2.05) is 0 Å². The third kappa shape index (κ3) is 5.04. The van der Waals surface area contributed by atoms with Crippen molar-refractivity contribution in [2.45, 2.75) is 12.8 Å². The van der Waals surface area contributed by atoms with Gasteiger partial charge in [0.05, 0.1) is 16.2 Å². The topological polar surface area (TPSA) is 110 Å². The van der Waals surface area contributed by atoms with Crippen LogP contribution in [0.4, 0.5) is 11.4 Å². The molecular weight excluding hydrogens is 372 g/mol. The van der Waals surface area contributed by atoms with Gasteiger partial charge in [-0.25, -0.2) is 0 Å². The van der Waals surface area contributed by atoms with Gasteiger partial charge in [-0.15, -0.1) is 0 Å². The molecule has 0 saturated carbocycles. The van der Waals surface area contributed by atoms with Gasteiger partial charge in [-0.2, -0.15) is 0 Å². The van der Waals surface area contributed by atoms with Crippen molar-refractivity contribution in [3.63, 3.8) is 0 Å². The molecule has 0 saturated heterocycles. The van der Waals surface area contributed by atoms with E-state index in [0.717, 1.165) is 5.56 Å². The summed E-state index contributed by atoms with van der Waals surface area (Å²) in [4.78, 5) is 35.7. The second-order valence-corrected chi connectivity index (χ2v) is 6.40. The van der Waals surface area contributed by atoms with Crippen LogP contribution in [-0.4, -0.2) is 21.7 Å². The summed E-state index contributed by atoms with van der Waals surface area (Å²) in [6.45, 7) is 0. The number of carbonyl (C=O) groups excluding carboxylic acids is 2. The van der Waals surface area contributed by atoms with Gasteiger partial charge < -0.3 is 10.4 Å². The summed E-state index contributed by atoms with van der Waals surface area (Å²) in [6, 6.07) is 18.7. The number of aromatic hydroxyl groups is 1. The number of aryl methyl sites for hydroxylation is 1. The number of anilines is 1. The predicted molar refractivity (Wildman–Crippen MR) is 108 cm³/mol. The zero-order valence-electron chi connectivity index (χ0n) is 15.4. The second kappa shape index (κ2) is 8.79. The fourth-order valence-corrected chi connectivity index (χ4v) is 2.82. The Balaban J connectivity index is 1.80. The lowest BCUT2D eigenvalue weighted by Crippen LogP contribution is -2.16. The Morgan fingerprint density at radius 2 is 1.66 bits per heavy atom. The fourth-order valence-electron chi connectivity index (χ4n) is 2.82. The molecule has 146 valence electrons. The van der Waals surface area contributed by atoms with Crippen molar-refractivity contribution < 1.29 is 19.6 Å². The van der Waals surface area contributed by atoms with Crippen molar-refractivity contribution in [1.82, 2.24) is 0 Å². The molecule has 2 N–H and O–H groups in total. The molecule has 3 aromatic carbocycles. The Morgan fingerprint density at radius 1 is 0.966 bits per heavy atom. The largest absolute Gasteiger partial charge is 0.508 e. The van der Waals surface area contributed by atoms with Crippen LogP contribution in [-0.2, 0) is 11.2 Å². The van der Waals surface area contributed by atoms with E-state index in [4.69, 9.17) is 0 Å². The van der Waals surface area contributed by atoms with Gasteiger partial charge in [0, 0.05) is 24.1 Å². The number of non-ortho nitro benzene ring substituents is 1. The molecule has 7 heteroatoms. The Hall–Kier alpha value is -4.00. The normalized spacial score (nSPS) is 10.3. The zero-order chi connectivity index (χ0) is 20.8. The van der Waals surface area contributed by atoms with Crippen LogP contribution in [0.1, 0.15) is 27.9 Å². The lowest BCUT2D eigenvalue weighted by Gasteiger charge is -2.11. The van der Waals surface area contributed by atoms with Crippen LogP contribution in [0.25, 0.3) is 0 Å². The van der Waals surface area contributed by atoms with Crippen LogP contribution in [0.5, 0.6) is 5.75 Å². The molecular formula is C22H18N2O5. The van der Waals surface area contributed by atoms with Gasteiger partial charge in [-0.05, 0) is 30.2 Å². The monoisotopic (exact) mass is 390 g/mol. The maximum atomic E-state index is 12.8. The van der Waals surface area contributed by atoms with Gasteiger partial charge in [0.2, 0.25) is 5.91 Å². The summed E-state index contributed by atoms with van der Waals surface area (Å²) >= 11 is 0. The summed E-state index contributed by atoms with van der Waals surface area (Å²) in [7, 11) is 0. The molecule has 0 spiro atoms. The Labute approximate surface area is 166 Å². The number of nitro benzene ring substituents is 1. The van der Waals surface area contributed by atoms with Crippen molar-refractivity contribution >= 4 is 23.1 Å². The summed E-state index contributed by atoms with van der Waals surface area (Å²) in [5, 5.41) is 23.1. The standard InChI is InChI=1S/C22H18N2O5/c25-18-10-6-15(7-11-18)8-13-21(26)23-20-12-9-17(24(28)29)14-19(20)22(27)16-4-2-1-3-5-16/h1-7,9-12,14,25H,8,13H2,(H,23,26). The molecule has 0 unspecified atom stereocenters. The zero-order valence-corrected chi connectivity index (χ0v) is 15.4. The average molecular weight is 390 g/mol. The summed E-state index contributed by atoms with van der Waals surface area (Å²) in [5.41, 5.74) is 1.30. The third-order valence-electron chi connectivity index (χ3n) is 4.35. The minimum absolute atomic E-state index is 0.0587. The van der Waals surface area contributed by atoms with Gasteiger partial charge in [0.1, 0.15) is 5.75 Å². The van der Waals surface area contributed by atoms with Crippen LogP contribution >= 0.6 is 0 Å². The van der Waals surface area contributed by atoms with Gasteiger partial charge in [0.15, 0.2) is 5.78 Å². The number of phenolic OH excluding ortho intramolecular Hbond substituents is 1. The van der Waals surface area contributed by atoms with Gasteiger partial charge in [0.25, 0.3) is 5.69 Å². The molecule has 0 aliphatic heterocycles. The van der Waals surface area contributed by atoms with Crippen LogP contribution in [0.3, 0.4) is 0 Å². The molecule has 0 aliphatic carbocycles.